The molecule has 0 aliphatic rings. The number of halogens is 1. The fourth-order valence-electron chi connectivity index (χ4n) is 1.61. The van der Waals surface area contributed by atoms with Gasteiger partial charge in [-0.25, -0.2) is 9.18 Å². The van der Waals surface area contributed by atoms with Crippen molar-refractivity contribution in [3.8, 4) is 11.3 Å². The Morgan fingerprint density at radius 3 is 2.47 bits per heavy atom. The van der Waals surface area contributed by atoms with Crippen molar-refractivity contribution < 1.29 is 13.6 Å². The molecule has 1 amide bonds. The number of hydrogen-bond acceptors (Lipinski definition) is 4. The maximum atomic E-state index is 12.8. The predicted octanol–water partition coefficient (Wildman–Crippen LogP) is 2.27. The zero-order valence-corrected chi connectivity index (χ0v) is 10.8. The Hall–Kier alpha value is -2.08. The van der Waals surface area contributed by atoms with Gasteiger partial charge in [0, 0.05) is 10.5 Å². The second-order valence-electron chi connectivity index (χ2n) is 3.71. The summed E-state index contributed by atoms with van der Waals surface area (Å²) < 4.78 is 17.9. The Bertz CT molecular complexity index is 679. The van der Waals surface area contributed by atoms with Gasteiger partial charge in [0.15, 0.2) is 0 Å². The van der Waals surface area contributed by atoms with Gasteiger partial charge in [-0.05, 0) is 36.6 Å². The van der Waals surface area contributed by atoms with Gasteiger partial charge in [0.25, 0.3) is 5.91 Å². The van der Waals surface area contributed by atoms with Gasteiger partial charge in [0.2, 0.25) is 0 Å². The number of benzene rings is 1. The molecule has 0 spiro atoms. The average molecular weight is 279 g/mol. The highest BCUT2D eigenvalue weighted by Gasteiger charge is 2.16. The number of rotatable bonds is 3. The fraction of sp³-hybridized carbons (Fsp3) is 0.0769. The van der Waals surface area contributed by atoms with Crippen molar-refractivity contribution in [1.82, 2.24) is 0 Å². The molecule has 0 saturated heterocycles. The van der Waals surface area contributed by atoms with Crippen LogP contribution in [0.2, 0.25) is 0 Å². The summed E-state index contributed by atoms with van der Waals surface area (Å²) >= 11 is 1.21. The van der Waals surface area contributed by atoms with Crippen molar-refractivity contribution in [1.29, 1.82) is 0 Å². The summed E-state index contributed by atoms with van der Waals surface area (Å²) in [7, 11) is 0. The molecule has 0 aliphatic heterocycles. The summed E-state index contributed by atoms with van der Waals surface area (Å²) in [6.07, 6.45) is 1.72. The fourth-order valence-corrected chi connectivity index (χ4v) is 2.22. The quantitative estimate of drug-likeness (QED) is 0.875. The third-order valence-corrected chi connectivity index (χ3v) is 3.27. The zero-order chi connectivity index (χ0) is 14.0. The smallest absolute Gasteiger partial charge is 0.350 e. The first kappa shape index (κ1) is 13.4. The third kappa shape index (κ3) is 2.68. The van der Waals surface area contributed by atoms with Crippen LogP contribution in [0.3, 0.4) is 0 Å². The van der Waals surface area contributed by atoms with Crippen LogP contribution in [-0.2, 0) is 0 Å². The average Bonchev–Trinajstić information content (AvgIpc) is 2.38. The number of carbonyl (C=O) groups excluding carboxylic acids is 1. The summed E-state index contributed by atoms with van der Waals surface area (Å²) in [6.45, 7) is 0. The maximum absolute atomic E-state index is 12.8. The van der Waals surface area contributed by atoms with Crippen molar-refractivity contribution in [2.24, 2.45) is 5.73 Å². The van der Waals surface area contributed by atoms with Crippen molar-refractivity contribution >= 4 is 17.7 Å². The lowest BCUT2D eigenvalue weighted by Gasteiger charge is -2.05. The van der Waals surface area contributed by atoms with Gasteiger partial charge in [-0.3, -0.25) is 4.79 Å². The lowest BCUT2D eigenvalue weighted by Crippen LogP contribution is -2.22. The molecule has 0 fully saturated rings. The first-order valence-corrected chi connectivity index (χ1v) is 6.53. The van der Waals surface area contributed by atoms with E-state index in [1.807, 2.05) is 0 Å². The van der Waals surface area contributed by atoms with Crippen molar-refractivity contribution in [2.75, 3.05) is 6.26 Å². The van der Waals surface area contributed by atoms with E-state index in [0.29, 0.717) is 10.5 Å². The van der Waals surface area contributed by atoms with E-state index in [1.165, 1.54) is 36.0 Å². The molecule has 0 atom stereocenters. The molecule has 0 bridgehead atoms. The van der Waals surface area contributed by atoms with Gasteiger partial charge >= 0.3 is 5.63 Å². The number of thioether (sulfide) groups is 1. The lowest BCUT2D eigenvalue weighted by molar-refractivity contribution is 0.0993. The van der Waals surface area contributed by atoms with Crippen molar-refractivity contribution in [2.45, 2.75) is 4.90 Å². The summed E-state index contributed by atoms with van der Waals surface area (Å²) in [6, 6.07) is 7.04. The minimum absolute atomic E-state index is 0.168. The minimum atomic E-state index is -0.830. The van der Waals surface area contributed by atoms with Gasteiger partial charge in [-0.2, -0.15) is 0 Å². The Kier molecular flexibility index (Phi) is 3.71. The molecule has 2 rings (SSSR count). The molecular formula is C13H10FNO3S. The highest BCUT2D eigenvalue weighted by Crippen LogP contribution is 2.25. The van der Waals surface area contributed by atoms with Crippen LogP contribution in [0.25, 0.3) is 11.3 Å². The number of hydrogen-bond donors (Lipinski definition) is 1. The molecule has 0 unspecified atom stereocenters. The largest absolute Gasteiger partial charge is 0.422 e. The van der Waals surface area contributed by atoms with E-state index in [-0.39, 0.29) is 17.1 Å². The normalized spacial score (nSPS) is 10.4. The van der Waals surface area contributed by atoms with Crippen LogP contribution in [-0.4, -0.2) is 12.2 Å². The molecular weight excluding hydrogens is 269 g/mol. The molecule has 0 aliphatic carbocycles. The van der Waals surface area contributed by atoms with Gasteiger partial charge in [0.1, 0.15) is 17.1 Å². The third-order valence-electron chi connectivity index (χ3n) is 2.51. The van der Waals surface area contributed by atoms with Crippen molar-refractivity contribution in [3.05, 3.63) is 52.1 Å². The van der Waals surface area contributed by atoms with Crippen LogP contribution in [0.4, 0.5) is 4.39 Å². The molecule has 6 heteroatoms. The Morgan fingerprint density at radius 1 is 1.32 bits per heavy atom. The second-order valence-corrected chi connectivity index (χ2v) is 4.56. The van der Waals surface area contributed by atoms with E-state index >= 15 is 0 Å². The summed E-state index contributed by atoms with van der Waals surface area (Å²) in [5.41, 5.74) is 4.72. The molecule has 1 aromatic carbocycles. The Labute approximate surface area is 112 Å². The molecule has 0 radical (unpaired) electrons. The van der Waals surface area contributed by atoms with Gasteiger partial charge < -0.3 is 10.2 Å². The number of primary amides is 1. The molecule has 0 saturated carbocycles. The van der Waals surface area contributed by atoms with Crippen LogP contribution in [0.5, 0.6) is 0 Å². The van der Waals surface area contributed by atoms with Crippen LogP contribution < -0.4 is 11.4 Å². The molecule has 19 heavy (non-hydrogen) atoms. The highest BCUT2D eigenvalue weighted by atomic mass is 32.2. The Balaban J connectivity index is 2.61. The van der Waals surface area contributed by atoms with Gasteiger partial charge in [-0.1, -0.05) is 0 Å². The van der Waals surface area contributed by atoms with E-state index in [2.05, 4.69) is 0 Å². The number of carbonyl (C=O) groups is 1. The van der Waals surface area contributed by atoms with Gasteiger partial charge in [-0.15, -0.1) is 11.8 Å². The maximum Gasteiger partial charge on any atom is 0.350 e. The zero-order valence-electron chi connectivity index (χ0n) is 9.98. The highest BCUT2D eigenvalue weighted by molar-refractivity contribution is 7.98. The second kappa shape index (κ2) is 5.27. The topological polar surface area (TPSA) is 73.3 Å². The summed E-state index contributed by atoms with van der Waals surface area (Å²) in [5, 5.41) is 0. The van der Waals surface area contributed by atoms with Crippen LogP contribution >= 0.6 is 11.8 Å². The lowest BCUT2D eigenvalue weighted by atomic mass is 10.1. The SMILES string of the molecule is CSc1cc(-c2ccc(F)cc2)oc(=O)c1C(N)=O. The number of amides is 1. The minimum Gasteiger partial charge on any atom is -0.422 e. The van der Waals surface area contributed by atoms with E-state index < -0.39 is 11.5 Å². The number of nitrogens with two attached hydrogens (primary N) is 1. The first-order chi connectivity index (χ1) is 9.02. The van der Waals surface area contributed by atoms with Crippen LogP contribution in [0, 0.1) is 5.82 Å². The molecule has 1 heterocycles. The monoisotopic (exact) mass is 279 g/mol. The van der Waals surface area contributed by atoms with Gasteiger partial charge in [0.05, 0.1) is 0 Å². The molecule has 2 N–H and O–H groups in total. The van der Waals surface area contributed by atoms with E-state index in [0.717, 1.165) is 0 Å². The molecule has 98 valence electrons. The Morgan fingerprint density at radius 2 is 1.95 bits per heavy atom. The molecule has 1 aromatic heterocycles. The van der Waals surface area contributed by atoms with E-state index in [1.54, 1.807) is 12.3 Å². The standard InChI is InChI=1S/C13H10FNO3S/c1-19-10-6-9(7-2-4-8(14)5-3-7)18-13(17)11(10)12(15)16/h2-6H,1H3,(H2,15,16). The summed E-state index contributed by atoms with van der Waals surface area (Å²) in [5.74, 6) is -0.951. The molecule has 4 nitrogen and oxygen atoms in total. The van der Waals surface area contributed by atoms with E-state index in [9.17, 15) is 14.0 Å². The molecule has 2 aromatic rings. The van der Waals surface area contributed by atoms with Crippen LogP contribution in [0.15, 0.2) is 44.4 Å². The van der Waals surface area contributed by atoms with Crippen molar-refractivity contribution in [3.63, 3.8) is 0 Å². The van der Waals surface area contributed by atoms with E-state index in [4.69, 9.17) is 10.2 Å². The summed E-state index contributed by atoms with van der Waals surface area (Å²) in [4.78, 5) is 23.4. The predicted molar refractivity (Wildman–Crippen MR) is 70.7 cm³/mol. The van der Waals surface area contributed by atoms with Crippen LogP contribution in [0.1, 0.15) is 10.4 Å². The first-order valence-electron chi connectivity index (χ1n) is 5.31.